The van der Waals surface area contributed by atoms with Crippen LogP contribution in [-0.4, -0.2) is 45.4 Å². The minimum atomic E-state index is -0.626. The molecule has 1 aromatic heterocycles. The van der Waals surface area contributed by atoms with Gasteiger partial charge in [-0.05, 0) is 90.8 Å². The van der Waals surface area contributed by atoms with E-state index in [0.29, 0.717) is 57.8 Å². The molecule has 1 aliphatic rings. The van der Waals surface area contributed by atoms with E-state index in [0.717, 1.165) is 5.56 Å². The monoisotopic (exact) mass is 556 g/mol. The predicted octanol–water partition coefficient (Wildman–Crippen LogP) is 4.95. The van der Waals surface area contributed by atoms with E-state index in [1.165, 1.54) is 0 Å². The lowest BCUT2D eigenvalue weighted by atomic mass is 9.94. The summed E-state index contributed by atoms with van der Waals surface area (Å²) in [6, 6.07) is 10.5. The van der Waals surface area contributed by atoms with Gasteiger partial charge in [0, 0.05) is 5.70 Å². The van der Waals surface area contributed by atoms with Crippen LogP contribution >= 0.6 is 15.9 Å². The molecule has 1 aliphatic heterocycles. The number of nitrogens with one attached hydrogen (secondary N) is 2. The average Bonchev–Trinajstić information content (AvgIpc) is 3.29. The van der Waals surface area contributed by atoms with E-state index in [1.807, 2.05) is 65.0 Å². The molecule has 2 heterocycles. The Hall–Kier alpha value is -3.60. The van der Waals surface area contributed by atoms with Crippen LogP contribution in [0.5, 0.6) is 17.2 Å². The second-order valence-corrected chi connectivity index (χ2v) is 9.18. The zero-order valence-corrected chi connectivity index (χ0v) is 22.4. The molecule has 190 valence electrons. The number of ether oxygens (including phenoxy) is 3. The van der Waals surface area contributed by atoms with Gasteiger partial charge >= 0.3 is 0 Å². The van der Waals surface area contributed by atoms with Crippen LogP contribution in [0.2, 0.25) is 0 Å². The van der Waals surface area contributed by atoms with Crippen LogP contribution in [0.3, 0.4) is 0 Å². The van der Waals surface area contributed by atoms with E-state index in [1.54, 1.807) is 10.7 Å². The summed E-state index contributed by atoms with van der Waals surface area (Å²) in [6.45, 7) is 10.4. The molecule has 0 aliphatic carbocycles. The molecule has 1 amide bonds. The van der Waals surface area contributed by atoms with Gasteiger partial charge in [-0.15, -0.1) is 0 Å². The average molecular weight is 557 g/mol. The number of hydrogen-bond acceptors (Lipinski definition) is 8. The number of carbonyl (C=O) groups excluding carboxylic acids is 1. The van der Waals surface area contributed by atoms with Crippen molar-refractivity contribution in [1.29, 1.82) is 0 Å². The van der Waals surface area contributed by atoms with Crippen LogP contribution < -0.4 is 24.8 Å². The number of carbonyl (C=O) groups is 1. The summed E-state index contributed by atoms with van der Waals surface area (Å²) in [4.78, 5) is 13.7. The fraction of sp³-hybridized carbons (Fsp3) is 0.360. The Balaban J connectivity index is 1.80. The molecule has 1 unspecified atom stereocenters. The van der Waals surface area contributed by atoms with Crippen molar-refractivity contribution in [2.24, 2.45) is 0 Å². The highest BCUT2D eigenvalue weighted by Gasteiger charge is 2.35. The Labute approximate surface area is 218 Å². The Kier molecular flexibility index (Phi) is 7.78. The van der Waals surface area contributed by atoms with Gasteiger partial charge in [0.05, 0.1) is 35.1 Å². The van der Waals surface area contributed by atoms with Crippen molar-refractivity contribution in [2.75, 3.05) is 23.8 Å². The second kappa shape index (κ2) is 11.0. The second-order valence-electron chi connectivity index (χ2n) is 8.33. The van der Waals surface area contributed by atoms with E-state index in [9.17, 15) is 4.79 Å². The number of tetrazole rings is 1. The smallest absolute Gasteiger partial charge is 0.255 e. The van der Waals surface area contributed by atoms with Crippen molar-refractivity contribution in [2.45, 2.75) is 46.8 Å². The Bertz CT molecular complexity index is 1290. The number of para-hydroxylation sites is 2. The van der Waals surface area contributed by atoms with Crippen LogP contribution in [0.15, 0.2) is 52.1 Å². The molecule has 0 saturated carbocycles. The summed E-state index contributed by atoms with van der Waals surface area (Å²) in [5.41, 5.74) is 2.40. The third-order valence-electron chi connectivity index (χ3n) is 5.39. The Morgan fingerprint density at radius 1 is 1.17 bits per heavy atom. The van der Waals surface area contributed by atoms with Crippen LogP contribution in [0, 0.1) is 0 Å². The summed E-state index contributed by atoms with van der Waals surface area (Å²) in [5, 5.41) is 18.2. The maximum absolute atomic E-state index is 13.7. The fourth-order valence-electron chi connectivity index (χ4n) is 4.01. The van der Waals surface area contributed by atoms with Crippen LogP contribution in [0.25, 0.3) is 0 Å². The molecule has 0 radical (unpaired) electrons. The highest BCUT2D eigenvalue weighted by molar-refractivity contribution is 9.10. The van der Waals surface area contributed by atoms with E-state index >= 15 is 0 Å². The quantitative estimate of drug-likeness (QED) is 0.380. The molecule has 4 rings (SSSR count). The minimum absolute atomic E-state index is 0.0507. The fourth-order valence-corrected chi connectivity index (χ4v) is 4.57. The molecular weight excluding hydrogens is 528 g/mol. The standard InChI is InChI=1S/C25H29BrN6O4/c1-6-34-19-11-9-8-10-18(19)28-24(33)21-15(5)27-25-29-30-31-32(25)22(21)16-12-17(26)23(36-14(3)4)20(13-16)35-7-2/h8-14,22H,6-7H2,1-5H3,(H,28,33)(H,27,29,31). The third-order valence-corrected chi connectivity index (χ3v) is 5.98. The summed E-state index contributed by atoms with van der Waals surface area (Å²) in [7, 11) is 0. The zero-order chi connectivity index (χ0) is 25.8. The van der Waals surface area contributed by atoms with E-state index in [4.69, 9.17) is 14.2 Å². The first-order valence-corrected chi connectivity index (χ1v) is 12.5. The van der Waals surface area contributed by atoms with Gasteiger partial charge in [0.2, 0.25) is 5.95 Å². The molecule has 2 N–H and O–H groups in total. The molecule has 0 fully saturated rings. The minimum Gasteiger partial charge on any atom is -0.492 e. The van der Waals surface area contributed by atoms with E-state index in [2.05, 4.69) is 42.1 Å². The van der Waals surface area contributed by atoms with Crippen LogP contribution in [0.4, 0.5) is 11.6 Å². The number of amides is 1. The Morgan fingerprint density at radius 3 is 2.61 bits per heavy atom. The number of fused-ring (bicyclic) bond motifs is 1. The van der Waals surface area contributed by atoms with Gasteiger partial charge in [0.15, 0.2) is 11.5 Å². The van der Waals surface area contributed by atoms with Crippen LogP contribution in [-0.2, 0) is 4.79 Å². The number of aromatic nitrogens is 4. The summed E-state index contributed by atoms with van der Waals surface area (Å²) >= 11 is 3.63. The number of benzene rings is 2. The first-order valence-electron chi connectivity index (χ1n) is 11.8. The third kappa shape index (κ3) is 5.15. The molecule has 10 nitrogen and oxygen atoms in total. The number of anilines is 2. The van der Waals surface area contributed by atoms with Gasteiger partial charge < -0.3 is 24.8 Å². The number of allylic oxidation sites excluding steroid dienone is 1. The van der Waals surface area contributed by atoms with Crippen molar-refractivity contribution in [1.82, 2.24) is 20.2 Å². The van der Waals surface area contributed by atoms with Crippen molar-refractivity contribution >= 4 is 33.5 Å². The van der Waals surface area contributed by atoms with Crippen molar-refractivity contribution in [3.05, 3.63) is 57.7 Å². The summed E-state index contributed by atoms with van der Waals surface area (Å²) in [6.07, 6.45) is -0.0507. The SMILES string of the molecule is CCOc1ccccc1NC(=O)C1=C(C)Nc2nnnn2C1c1cc(Br)c(OC(C)C)c(OCC)c1. The van der Waals surface area contributed by atoms with Gasteiger partial charge in [-0.25, -0.2) is 0 Å². The van der Waals surface area contributed by atoms with Crippen LogP contribution in [0.1, 0.15) is 46.2 Å². The Morgan fingerprint density at radius 2 is 1.89 bits per heavy atom. The van der Waals surface area contributed by atoms with Crippen molar-refractivity contribution < 1.29 is 19.0 Å². The van der Waals surface area contributed by atoms with Crippen molar-refractivity contribution in [3.8, 4) is 17.2 Å². The first-order chi connectivity index (χ1) is 17.3. The van der Waals surface area contributed by atoms with Gasteiger partial charge in [-0.1, -0.05) is 17.2 Å². The summed E-state index contributed by atoms with van der Waals surface area (Å²) in [5.74, 6) is 1.86. The highest BCUT2D eigenvalue weighted by Crippen LogP contribution is 2.43. The first kappa shape index (κ1) is 25.5. The molecule has 11 heteroatoms. The van der Waals surface area contributed by atoms with E-state index < -0.39 is 6.04 Å². The largest absolute Gasteiger partial charge is 0.492 e. The van der Waals surface area contributed by atoms with E-state index in [-0.39, 0.29) is 12.0 Å². The lowest BCUT2D eigenvalue weighted by Crippen LogP contribution is -2.31. The molecule has 3 aromatic rings. The number of rotatable bonds is 9. The number of nitrogens with zero attached hydrogens (tertiary/aromatic N) is 4. The normalized spacial score (nSPS) is 14.8. The molecule has 2 aromatic carbocycles. The lowest BCUT2D eigenvalue weighted by Gasteiger charge is -2.29. The topological polar surface area (TPSA) is 112 Å². The molecule has 0 bridgehead atoms. The van der Waals surface area contributed by atoms with Gasteiger partial charge in [-0.2, -0.15) is 4.68 Å². The van der Waals surface area contributed by atoms with Crippen molar-refractivity contribution in [3.63, 3.8) is 0 Å². The number of hydrogen-bond donors (Lipinski definition) is 2. The molecule has 0 saturated heterocycles. The van der Waals surface area contributed by atoms with Gasteiger partial charge in [-0.3, -0.25) is 4.79 Å². The molecular formula is C25H29BrN6O4. The molecule has 36 heavy (non-hydrogen) atoms. The lowest BCUT2D eigenvalue weighted by molar-refractivity contribution is -0.113. The zero-order valence-electron chi connectivity index (χ0n) is 20.8. The highest BCUT2D eigenvalue weighted by atomic mass is 79.9. The molecule has 0 spiro atoms. The maximum Gasteiger partial charge on any atom is 0.255 e. The predicted molar refractivity (Wildman–Crippen MR) is 140 cm³/mol. The van der Waals surface area contributed by atoms with Gasteiger partial charge in [0.1, 0.15) is 11.8 Å². The molecule has 1 atom stereocenters. The number of halogens is 1. The maximum atomic E-state index is 13.7. The summed E-state index contributed by atoms with van der Waals surface area (Å²) < 4.78 is 19.9. The van der Waals surface area contributed by atoms with Gasteiger partial charge in [0.25, 0.3) is 5.91 Å².